The first-order chi connectivity index (χ1) is 10.6. The molecule has 0 aromatic heterocycles. The van der Waals surface area contributed by atoms with Crippen LogP contribution in [0.15, 0.2) is 48.5 Å². The van der Waals surface area contributed by atoms with Gasteiger partial charge in [0.05, 0.1) is 5.56 Å². The van der Waals surface area contributed by atoms with Crippen LogP contribution in [0.5, 0.6) is 5.75 Å². The zero-order chi connectivity index (χ0) is 16.1. The summed E-state index contributed by atoms with van der Waals surface area (Å²) in [7, 11) is 0. The zero-order valence-electron chi connectivity index (χ0n) is 12.8. The minimum atomic E-state index is -0.914. The Kier molecular flexibility index (Phi) is 4.99. The maximum absolute atomic E-state index is 11.0. The SMILES string of the molecule is CCC(=C(CC)c1ccc(C(=O)O)cc1)c1ccc(O)cc1. The van der Waals surface area contributed by atoms with Crippen LogP contribution in [0.2, 0.25) is 0 Å². The van der Waals surface area contributed by atoms with Crippen LogP contribution in [0.1, 0.15) is 48.2 Å². The van der Waals surface area contributed by atoms with E-state index in [4.69, 9.17) is 5.11 Å². The molecule has 0 atom stereocenters. The highest BCUT2D eigenvalue weighted by atomic mass is 16.4. The van der Waals surface area contributed by atoms with Gasteiger partial charge >= 0.3 is 5.97 Å². The number of aromatic carboxylic acids is 1. The van der Waals surface area contributed by atoms with Gasteiger partial charge in [-0.05, 0) is 59.4 Å². The van der Waals surface area contributed by atoms with Crippen LogP contribution in [0.4, 0.5) is 0 Å². The van der Waals surface area contributed by atoms with Gasteiger partial charge in [0.25, 0.3) is 0 Å². The molecule has 2 N–H and O–H groups in total. The van der Waals surface area contributed by atoms with Gasteiger partial charge in [-0.25, -0.2) is 4.79 Å². The monoisotopic (exact) mass is 296 g/mol. The van der Waals surface area contributed by atoms with Crippen molar-refractivity contribution < 1.29 is 15.0 Å². The molecule has 2 aromatic carbocycles. The third-order valence-electron chi connectivity index (χ3n) is 3.77. The van der Waals surface area contributed by atoms with Crippen molar-refractivity contribution in [3.05, 3.63) is 65.2 Å². The lowest BCUT2D eigenvalue weighted by molar-refractivity contribution is 0.0697. The molecule has 3 nitrogen and oxygen atoms in total. The maximum atomic E-state index is 11.0. The van der Waals surface area contributed by atoms with Crippen molar-refractivity contribution in [2.75, 3.05) is 0 Å². The number of rotatable bonds is 5. The van der Waals surface area contributed by atoms with Crippen LogP contribution >= 0.6 is 0 Å². The Bertz CT molecular complexity index is 680. The molecule has 0 aliphatic carbocycles. The van der Waals surface area contributed by atoms with Crippen LogP contribution < -0.4 is 0 Å². The van der Waals surface area contributed by atoms with E-state index in [1.54, 1.807) is 24.3 Å². The Morgan fingerprint density at radius 1 is 0.773 bits per heavy atom. The molecule has 22 heavy (non-hydrogen) atoms. The van der Waals surface area contributed by atoms with Crippen molar-refractivity contribution >= 4 is 17.1 Å². The fourth-order valence-corrected chi connectivity index (χ4v) is 2.66. The highest BCUT2D eigenvalue weighted by molar-refractivity contribution is 5.92. The third-order valence-corrected chi connectivity index (χ3v) is 3.77. The fourth-order valence-electron chi connectivity index (χ4n) is 2.66. The second-order valence-corrected chi connectivity index (χ2v) is 5.09. The highest BCUT2D eigenvalue weighted by Gasteiger charge is 2.10. The van der Waals surface area contributed by atoms with Crippen molar-refractivity contribution in [1.29, 1.82) is 0 Å². The molecule has 114 valence electrons. The number of phenols is 1. The summed E-state index contributed by atoms with van der Waals surface area (Å²) in [6.07, 6.45) is 1.73. The summed E-state index contributed by atoms with van der Waals surface area (Å²) in [5.74, 6) is -0.661. The second-order valence-electron chi connectivity index (χ2n) is 5.09. The van der Waals surface area contributed by atoms with Gasteiger partial charge in [0, 0.05) is 0 Å². The minimum absolute atomic E-state index is 0.253. The fraction of sp³-hybridized carbons (Fsp3) is 0.211. The summed E-state index contributed by atoms with van der Waals surface area (Å²) in [6, 6.07) is 14.2. The van der Waals surface area contributed by atoms with Crippen LogP contribution in [0.25, 0.3) is 11.1 Å². The van der Waals surface area contributed by atoms with E-state index in [0.29, 0.717) is 5.56 Å². The first kappa shape index (κ1) is 15.8. The van der Waals surface area contributed by atoms with E-state index in [1.165, 1.54) is 11.1 Å². The van der Waals surface area contributed by atoms with Crippen LogP contribution in [0, 0.1) is 0 Å². The minimum Gasteiger partial charge on any atom is -0.508 e. The van der Waals surface area contributed by atoms with Crippen LogP contribution in [0.3, 0.4) is 0 Å². The Hall–Kier alpha value is -2.55. The summed E-state index contributed by atoms with van der Waals surface area (Å²) >= 11 is 0. The molecule has 0 aliphatic heterocycles. The van der Waals surface area contributed by atoms with Crippen molar-refractivity contribution in [2.24, 2.45) is 0 Å². The molecule has 0 unspecified atom stereocenters. The first-order valence-electron chi connectivity index (χ1n) is 7.42. The molecule has 0 radical (unpaired) electrons. The second kappa shape index (κ2) is 6.94. The number of aromatic hydroxyl groups is 1. The van der Waals surface area contributed by atoms with E-state index in [2.05, 4.69) is 13.8 Å². The predicted molar refractivity (Wildman–Crippen MR) is 88.9 cm³/mol. The number of carbonyl (C=O) groups is 1. The summed E-state index contributed by atoms with van der Waals surface area (Å²) in [5.41, 5.74) is 4.83. The number of hydrogen-bond donors (Lipinski definition) is 2. The zero-order valence-corrected chi connectivity index (χ0v) is 12.8. The standard InChI is InChI=1S/C19H20O3/c1-3-17(13-5-7-15(8-6-13)19(21)22)18(4-2)14-9-11-16(20)12-10-14/h5-12,20H,3-4H2,1-2H3,(H,21,22). The Morgan fingerprint density at radius 3 is 1.50 bits per heavy atom. The molecule has 0 aliphatic rings. The summed E-state index contributed by atoms with van der Waals surface area (Å²) in [5, 5.41) is 18.4. The molecule has 0 amide bonds. The van der Waals surface area contributed by atoms with Gasteiger partial charge in [0.1, 0.15) is 5.75 Å². The lowest BCUT2D eigenvalue weighted by Crippen LogP contribution is -1.97. The average molecular weight is 296 g/mol. The molecule has 0 heterocycles. The van der Waals surface area contributed by atoms with Crippen molar-refractivity contribution in [3.63, 3.8) is 0 Å². The number of phenolic OH excluding ortho intramolecular Hbond substituents is 1. The largest absolute Gasteiger partial charge is 0.508 e. The van der Waals surface area contributed by atoms with Crippen molar-refractivity contribution in [3.8, 4) is 5.75 Å². The molecule has 2 aromatic rings. The van der Waals surface area contributed by atoms with E-state index in [1.807, 2.05) is 24.3 Å². The Balaban J connectivity index is 2.50. The van der Waals surface area contributed by atoms with Crippen LogP contribution in [-0.4, -0.2) is 16.2 Å². The summed E-state index contributed by atoms with van der Waals surface area (Å²) < 4.78 is 0. The van der Waals surface area contributed by atoms with E-state index in [-0.39, 0.29) is 5.75 Å². The average Bonchev–Trinajstić information content (AvgIpc) is 2.53. The number of carboxylic acids is 1. The van der Waals surface area contributed by atoms with Gasteiger partial charge in [-0.15, -0.1) is 0 Å². The van der Waals surface area contributed by atoms with Crippen LogP contribution in [-0.2, 0) is 0 Å². The van der Waals surface area contributed by atoms with Gasteiger partial charge in [-0.3, -0.25) is 0 Å². The molecular formula is C19H20O3. The summed E-state index contributed by atoms with van der Waals surface area (Å²) in [6.45, 7) is 4.19. The lowest BCUT2D eigenvalue weighted by Gasteiger charge is -2.14. The molecule has 0 spiro atoms. The number of hydrogen-bond acceptors (Lipinski definition) is 2. The Labute approximate surface area is 130 Å². The Morgan fingerprint density at radius 2 is 1.14 bits per heavy atom. The molecular weight excluding hydrogens is 276 g/mol. The molecule has 3 heteroatoms. The molecule has 0 bridgehead atoms. The summed E-state index contributed by atoms with van der Waals surface area (Å²) in [4.78, 5) is 11.0. The maximum Gasteiger partial charge on any atom is 0.335 e. The molecule has 0 fully saturated rings. The van der Waals surface area contributed by atoms with E-state index >= 15 is 0 Å². The highest BCUT2D eigenvalue weighted by Crippen LogP contribution is 2.32. The van der Waals surface area contributed by atoms with Crippen molar-refractivity contribution in [2.45, 2.75) is 26.7 Å². The van der Waals surface area contributed by atoms with Gasteiger partial charge < -0.3 is 10.2 Å². The van der Waals surface area contributed by atoms with Gasteiger partial charge in [0.15, 0.2) is 0 Å². The van der Waals surface area contributed by atoms with Crippen molar-refractivity contribution in [1.82, 2.24) is 0 Å². The normalized spacial score (nSPS) is 11.9. The third kappa shape index (κ3) is 3.37. The first-order valence-corrected chi connectivity index (χ1v) is 7.42. The van der Waals surface area contributed by atoms with Gasteiger partial charge in [0.2, 0.25) is 0 Å². The van der Waals surface area contributed by atoms with E-state index in [0.717, 1.165) is 24.0 Å². The number of allylic oxidation sites excluding steroid dienone is 2. The quantitative estimate of drug-likeness (QED) is 0.778. The molecule has 2 rings (SSSR count). The predicted octanol–water partition coefficient (Wildman–Crippen LogP) is 4.82. The molecule has 0 saturated heterocycles. The van der Waals surface area contributed by atoms with Gasteiger partial charge in [-0.1, -0.05) is 38.1 Å². The van der Waals surface area contributed by atoms with Gasteiger partial charge in [-0.2, -0.15) is 0 Å². The number of carboxylic acid groups (broad SMARTS) is 1. The number of benzene rings is 2. The van der Waals surface area contributed by atoms with E-state index in [9.17, 15) is 9.90 Å². The van der Waals surface area contributed by atoms with E-state index < -0.39 is 5.97 Å². The topological polar surface area (TPSA) is 57.5 Å². The molecule has 0 saturated carbocycles. The smallest absolute Gasteiger partial charge is 0.335 e. The lowest BCUT2D eigenvalue weighted by atomic mass is 9.91.